The number of rotatable bonds is 13. The van der Waals surface area contributed by atoms with Crippen molar-refractivity contribution in [1.82, 2.24) is 30.1 Å². The maximum absolute atomic E-state index is 14.5. The highest BCUT2D eigenvalue weighted by Crippen LogP contribution is 2.45. The van der Waals surface area contributed by atoms with E-state index in [9.17, 15) is 36.8 Å². The number of piperidine rings is 1. The molecule has 2 aromatic rings. The summed E-state index contributed by atoms with van der Waals surface area (Å²) in [5, 5.41) is 8.35. The van der Waals surface area contributed by atoms with Gasteiger partial charge in [0.05, 0.1) is 18.8 Å². The molecule has 15 nitrogen and oxygen atoms in total. The Morgan fingerprint density at radius 3 is 2.46 bits per heavy atom. The second kappa shape index (κ2) is 16.6. The highest BCUT2D eigenvalue weighted by atomic mass is 32.2. The molecule has 4 aliphatic rings. The van der Waals surface area contributed by atoms with Crippen LogP contribution in [0.4, 0.5) is 14.9 Å². The fraction of sp³-hybridized carbons (Fsp3) is 0.513. The van der Waals surface area contributed by atoms with Crippen molar-refractivity contribution < 1.29 is 41.5 Å². The minimum absolute atomic E-state index is 0.0103. The van der Waals surface area contributed by atoms with E-state index in [1.807, 2.05) is 7.05 Å². The van der Waals surface area contributed by atoms with Crippen LogP contribution in [0, 0.1) is 17.7 Å². The molecule has 5 atom stereocenters. The van der Waals surface area contributed by atoms with E-state index in [1.54, 1.807) is 32.2 Å². The fourth-order valence-corrected chi connectivity index (χ4v) is 9.19. The molecule has 0 bridgehead atoms. The lowest BCUT2D eigenvalue weighted by Gasteiger charge is -2.31. The number of fused-ring (bicyclic) bond motifs is 1. The summed E-state index contributed by atoms with van der Waals surface area (Å²) >= 11 is 0. The van der Waals surface area contributed by atoms with Gasteiger partial charge in [-0.05, 0) is 75.5 Å². The smallest absolute Gasteiger partial charge is 0.410 e. The van der Waals surface area contributed by atoms with Crippen molar-refractivity contribution in [1.29, 1.82) is 0 Å². The Kier molecular flexibility index (Phi) is 12.0. The first-order valence-electron chi connectivity index (χ1n) is 19.0. The Balaban J connectivity index is 1.19. The quantitative estimate of drug-likeness (QED) is 0.220. The maximum atomic E-state index is 14.5. The maximum Gasteiger partial charge on any atom is 0.410 e. The van der Waals surface area contributed by atoms with E-state index in [1.165, 1.54) is 40.1 Å². The van der Waals surface area contributed by atoms with Crippen molar-refractivity contribution in [2.24, 2.45) is 11.8 Å². The number of nitrogens with zero attached hydrogens (tertiary/aromatic N) is 3. The number of hydrogen-bond acceptors (Lipinski definition) is 10. The normalized spacial score (nSPS) is 24.1. The second-order valence-corrected chi connectivity index (χ2v) is 16.8. The number of ether oxygens (including phenoxy) is 1. The zero-order valence-electron chi connectivity index (χ0n) is 31.9. The zero-order chi connectivity index (χ0) is 40.4. The molecule has 4 N–H and O–H groups in total. The van der Waals surface area contributed by atoms with Gasteiger partial charge in [0, 0.05) is 37.9 Å². The Bertz CT molecular complexity index is 1990. The molecular weight excluding hydrogens is 746 g/mol. The van der Waals surface area contributed by atoms with E-state index in [0.717, 1.165) is 25.9 Å². The summed E-state index contributed by atoms with van der Waals surface area (Å²) in [6, 6.07) is 8.36. The lowest BCUT2D eigenvalue weighted by molar-refractivity contribution is -0.142. The number of halogens is 1. The van der Waals surface area contributed by atoms with Crippen LogP contribution < -0.4 is 20.7 Å². The first-order chi connectivity index (χ1) is 26.7. The number of carbonyl (C=O) groups is 5. The molecule has 1 saturated carbocycles. The summed E-state index contributed by atoms with van der Waals surface area (Å²) in [6.45, 7) is 7.15. The SMILES string of the molecule is C=C[C@@H]1C[C@]1(NC(=O)[C@@H]1C[C@@H](OC(=O)N2Cc3cccc(F)c3C2)CN1C(=O)[C@H](CC)NC(=O)CC1CCN(C)CC1)C(=O)NS(=O)(=O)c1ccccc1NC. The Hall–Kier alpha value is -5.03. The van der Waals surface area contributed by atoms with Crippen molar-refractivity contribution in [2.75, 3.05) is 39.0 Å². The summed E-state index contributed by atoms with van der Waals surface area (Å²) in [7, 11) is -0.819. The number of sulfonamides is 1. The molecule has 6 rings (SSSR count). The molecule has 302 valence electrons. The topological polar surface area (TPSA) is 187 Å². The number of amides is 5. The number of para-hydroxylation sites is 1. The molecule has 3 heterocycles. The predicted molar refractivity (Wildman–Crippen MR) is 204 cm³/mol. The van der Waals surface area contributed by atoms with E-state index >= 15 is 0 Å². The van der Waals surface area contributed by atoms with Gasteiger partial charge in [-0.1, -0.05) is 37.3 Å². The summed E-state index contributed by atoms with van der Waals surface area (Å²) in [4.78, 5) is 73.4. The van der Waals surface area contributed by atoms with Crippen LogP contribution >= 0.6 is 0 Å². The van der Waals surface area contributed by atoms with E-state index in [2.05, 4.69) is 32.2 Å². The highest BCUT2D eigenvalue weighted by molar-refractivity contribution is 7.90. The molecule has 3 aliphatic heterocycles. The number of hydrogen-bond donors (Lipinski definition) is 4. The van der Waals surface area contributed by atoms with Crippen molar-refractivity contribution >= 4 is 45.4 Å². The molecule has 1 aliphatic carbocycles. The number of nitrogens with one attached hydrogen (secondary N) is 4. The van der Waals surface area contributed by atoms with Crippen LogP contribution in [0.1, 0.15) is 56.6 Å². The molecule has 56 heavy (non-hydrogen) atoms. The Labute approximate surface area is 326 Å². The molecule has 17 heteroatoms. The summed E-state index contributed by atoms with van der Waals surface area (Å²) in [5.41, 5.74) is -0.408. The van der Waals surface area contributed by atoms with Gasteiger partial charge in [-0.25, -0.2) is 22.3 Å². The molecule has 0 spiro atoms. The minimum Gasteiger partial charge on any atom is -0.444 e. The molecule has 5 amide bonds. The van der Waals surface area contributed by atoms with Gasteiger partial charge in [-0.2, -0.15) is 0 Å². The largest absolute Gasteiger partial charge is 0.444 e. The van der Waals surface area contributed by atoms with Gasteiger partial charge >= 0.3 is 6.09 Å². The van der Waals surface area contributed by atoms with Gasteiger partial charge in [-0.15, -0.1) is 6.58 Å². The van der Waals surface area contributed by atoms with Gasteiger partial charge in [0.2, 0.25) is 17.7 Å². The zero-order valence-corrected chi connectivity index (χ0v) is 32.7. The predicted octanol–water partition coefficient (Wildman–Crippen LogP) is 2.48. The van der Waals surface area contributed by atoms with Crippen LogP contribution in [-0.2, 0) is 47.0 Å². The van der Waals surface area contributed by atoms with Crippen LogP contribution in [0.25, 0.3) is 0 Å². The molecule has 0 unspecified atom stereocenters. The summed E-state index contributed by atoms with van der Waals surface area (Å²) in [6.07, 6.45) is 1.79. The van der Waals surface area contributed by atoms with Crippen molar-refractivity contribution in [3.63, 3.8) is 0 Å². The van der Waals surface area contributed by atoms with Gasteiger partial charge < -0.3 is 30.5 Å². The van der Waals surface area contributed by atoms with E-state index < -0.39 is 69.3 Å². The van der Waals surface area contributed by atoms with Gasteiger partial charge in [0.15, 0.2) is 0 Å². The van der Waals surface area contributed by atoms with Crippen molar-refractivity contribution in [3.8, 4) is 0 Å². The third kappa shape index (κ3) is 8.53. The molecule has 3 fully saturated rings. The van der Waals surface area contributed by atoms with Crippen molar-refractivity contribution in [2.45, 2.75) is 87.2 Å². The van der Waals surface area contributed by atoms with Crippen LogP contribution in [0.2, 0.25) is 0 Å². The van der Waals surface area contributed by atoms with Crippen LogP contribution in [0.3, 0.4) is 0 Å². The van der Waals surface area contributed by atoms with Crippen LogP contribution in [-0.4, -0.2) is 110 Å². The van der Waals surface area contributed by atoms with Crippen molar-refractivity contribution in [3.05, 3.63) is 72.1 Å². The van der Waals surface area contributed by atoms with Crippen LogP contribution in [0.5, 0.6) is 0 Å². The van der Waals surface area contributed by atoms with Gasteiger partial charge in [0.1, 0.15) is 34.4 Å². The Morgan fingerprint density at radius 2 is 1.80 bits per heavy atom. The molecular formula is C39H50FN7O8S. The number of benzene rings is 2. The van der Waals surface area contributed by atoms with Crippen LogP contribution in [0.15, 0.2) is 60.0 Å². The number of carbonyl (C=O) groups excluding carboxylic acids is 5. The first kappa shape index (κ1) is 40.6. The molecule has 0 radical (unpaired) electrons. The van der Waals surface area contributed by atoms with Gasteiger partial charge in [0.25, 0.3) is 15.9 Å². The van der Waals surface area contributed by atoms with E-state index in [4.69, 9.17) is 4.74 Å². The molecule has 2 saturated heterocycles. The highest BCUT2D eigenvalue weighted by Gasteiger charge is 2.61. The Morgan fingerprint density at radius 1 is 1.07 bits per heavy atom. The lowest BCUT2D eigenvalue weighted by Crippen LogP contribution is -2.58. The standard InChI is InChI=1S/C39H50FN7O8S/c1-5-26-20-39(26,37(51)44-56(53,54)33-13-8-7-12-31(33)41-3)43-35(49)32-19-27(55-38(52)46-21-25-10-9-11-29(40)28(25)23-46)22-47(32)36(50)30(6-2)42-34(48)18-24-14-16-45(4)17-15-24/h5,7-13,24,26-27,30,32,41H,1,6,14-23H2,2-4H3,(H,42,48)(H,43,49)(H,44,51)/t26-,27-,30+,32+,39-/m1/s1. The average Bonchev–Trinajstić information content (AvgIpc) is 3.46. The lowest BCUT2D eigenvalue weighted by atomic mass is 9.93. The average molecular weight is 796 g/mol. The number of anilines is 1. The molecule has 2 aromatic carbocycles. The second-order valence-electron chi connectivity index (χ2n) is 15.1. The first-order valence-corrected chi connectivity index (χ1v) is 20.5. The minimum atomic E-state index is -4.39. The third-order valence-corrected chi connectivity index (χ3v) is 12.8. The fourth-order valence-electron chi connectivity index (χ4n) is 7.94. The summed E-state index contributed by atoms with van der Waals surface area (Å²) < 4.78 is 49.1. The van der Waals surface area contributed by atoms with E-state index in [0.29, 0.717) is 11.1 Å². The molecule has 0 aromatic heterocycles. The monoisotopic (exact) mass is 795 g/mol. The number of likely N-dealkylation sites (tertiary alicyclic amines) is 2. The van der Waals surface area contributed by atoms with E-state index in [-0.39, 0.29) is 67.7 Å². The summed E-state index contributed by atoms with van der Waals surface area (Å²) in [5.74, 6) is -3.49. The van der Waals surface area contributed by atoms with Gasteiger partial charge in [-0.3, -0.25) is 24.1 Å². The third-order valence-electron chi connectivity index (χ3n) is 11.4.